The topological polar surface area (TPSA) is 77.5 Å². The smallest absolute Gasteiger partial charge is 0.387 e. The second kappa shape index (κ2) is 8.18. The summed E-state index contributed by atoms with van der Waals surface area (Å²) in [7, 11) is 1.21. The molecule has 1 heterocycles. The van der Waals surface area contributed by atoms with Gasteiger partial charge >= 0.3 is 12.6 Å². The Balaban J connectivity index is 2.17. The van der Waals surface area contributed by atoms with Gasteiger partial charge in [-0.25, -0.2) is 9.78 Å². The van der Waals surface area contributed by atoms with Gasteiger partial charge in [-0.1, -0.05) is 24.3 Å². The maximum absolute atomic E-state index is 12.5. The highest BCUT2D eigenvalue weighted by atomic mass is 19.3. The number of nitrogens with one attached hydrogen (secondary N) is 1. The number of benzene rings is 1. The predicted molar refractivity (Wildman–Crippen MR) is 84.5 cm³/mol. The predicted octanol–water partition coefficient (Wildman–Crippen LogP) is 2.96. The Morgan fingerprint density at radius 2 is 1.76 bits per heavy atom. The number of carbonyl (C=O) groups is 2. The van der Waals surface area contributed by atoms with Gasteiger partial charge in [0.1, 0.15) is 17.1 Å². The van der Waals surface area contributed by atoms with Crippen LogP contribution in [0.25, 0.3) is 0 Å². The van der Waals surface area contributed by atoms with Crippen molar-refractivity contribution in [2.24, 2.45) is 0 Å². The highest BCUT2D eigenvalue weighted by Gasteiger charge is 2.18. The van der Waals surface area contributed by atoms with E-state index in [2.05, 4.69) is 19.8 Å². The first-order valence-corrected chi connectivity index (χ1v) is 7.32. The second-order valence-corrected chi connectivity index (χ2v) is 5.01. The van der Waals surface area contributed by atoms with Crippen LogP contribution in [0.5, 0.6) is 5.75 Å². The summed E-state index contributed by atoms with van der Waals surface area (Å²) < 4.78 is 34.0. The number of carbonyl (C=O) groups excluding carboxylic acids is 2. The fourth-order valence-electron chi connectivity index (χ4n) is 2.17. The number of hydrogen-bond donors (Lipinski definition) is 1. The first-order valence-electron chi connectivity index (χ1n) is 7.32. The number of pyridine rings is 1. The lowest BCUT2D eigenvalue weighted by atomic mass is 10.1. The molecule has 2 rings (SSSR count). The van der Waals surface area contributed by atoms with Gasteiger partial charge in [-0.15, -0.1) is 0 Å². The fraction of sp³-hybridized carbons (Fsp3) is 0.235. The van der Waals surface area contributed by atoms with Crippen LogP contribution in [0.1, 0.15) is 39.5 Å². The van der Waals surface area contributed by atoms with E-state index in [1.807, 2.05) is 0 Å². The summed E-state index contributed by atoms with van der Waals surface area (Å²) >= 11 is 0. The highest BCUT2D eigenvalue weighted by molar-refractivity contribution is 5.94. The number of hydrogen-bond acceptors (Lipinski definition) is 5. The summed E-state index contributed by atoms with van der Waals surface area (Å²) in [6.07, 6.45) is 0. The molecule has 0 unspecified atom stereocenters. The van der Waals surface area contributed by atoms with E-state index in [9.17, 15) is 18.4 Å². The van der Waals surface area contributed by atoms with E-state index in [-0.39, 0.29) is 17.1 Å². The largest absolute Gasteiger partial charge is 0.464 e. The van der Waals surface area contributed by atoms with Gasteiger partial charge in [0, 0.05) is 5.56 Å². The molecule has 0 aliphatic heterocycles. The molecule has 0 fully saturated rings. The van der Waals surface area contributed by atoms with Crippen molar-refractivity contribution in [3.8, 4) is 5.75 Å². The summed E-state index contributed by atoms with van der Waals surface area (Å²) in [5, 5.41) is 2.63. The number of esters is 1. The minimum Gasteiger partial charge on any atom is -0.464 e. The SMILES string of the molecule is COC(=O)c1cccc(C(=O)N[C@H](C)c2ccccc2OC(F)F)n1. The van der Waals surface area contributed by atoms with Crippen LogP contribution in [0.4, 0.5) is 8.78 Å². The number of nitrogens with zero attached hydrogens (tertiary/aromatic N) is 1. The minimum atomic E-state index is -2.97. The first kappa shape index (κ1) is 18.3. The molecular formula is C17H16F2N2O4. The summed E-state index contributed by atoms with van der Waals surface area (Å²) in [6, 6.07) is 9.87. The number of halogens is 2. The third-order valence-corrected chi connectivity index (χ3v) is 3.33. The van der Waals surface area contributed by atoms with Gasteiger partial charge in [0.15, 0.2) is 0 Å². The first-order chi connectivity index (χ1) is 11.9. The van der Waals surface area contributed by atoms with Gasteiger partial charge in [0.25, 0.3) is 5.91 Å². The molecule has 0 radical (unpaired) electrons. The summed E-state index contributed by atoms with van der Waals surface area (Å²) in [6.45, 7) is -1.35. The van der Waals surface area contributed by atoms with Crippen molar-refractivity contribution in [3.05, 3.63) is 59.4 Å². The molecule has 2 aromatic rings. The maximum Gasteiger partial charge on any atom is 0.387 e. The van der Waals surface area contributed by atoms with Crippen LogP contribution in [0.15, 0.2) is 42.5 Å². The van der Waals surface area contributed by atoms with E-state index in [4.69, 9.17) is 0 Å². The standard InChI is InChI=1S/C17H16F2N2O4/c1-10(11-6-3-4-9-14(11)25-17(18)19)20-15(22)12-7-5-8-13(21-12)16(23)24-2/h3-10,17H,1-2H3,(H,20,22)/t10-/m1/s1. The zero-order valence-corrected chi connectivity index (χ0v) is 13.5. The van der Waals surface area contributed by atoms with Gasteiger partial charge in [-0.05, 0) is 25.1 Å². The molecule has 0 spiro atoms. The molecule has 1 amide bonds. The lowest BCUT2D eigenvalue weighted by molar-refractivity contribution is -0.0506. The molecule has 0 saturated carbocycles. The molecule has 0 aliphatic rings. The Kier molecular flexibility index (Phi) is 5.99. The van der Waals surface area contributed by atoms with Gasteiger partial charge in [-0.2, -0.15) is 8.78 Å². The number of ether oxygens (including phenoxy) is 2. The van der Waals surface area contributed by atoms with E-state index in [1.165, 1.54) is 31.4 Å². The highest BCUT2D eigenvalue weighted by Crippen LogP contribution is 2.26. The molecule has 25 heavy (non-hydrogen) atoms. The van der Waals surface area contributed by atoms with Crippen molar-refractivity contribution in [2.75, 3.05) is 7.11 Å². The van der Waals surface area contributed by atoms with Crippen LogP contribution < -0.4 is 10.1 Å². The quantitative estimate of drug-likeness (QED) is 0.811. The Hall–Kier alpha value is -3.03. The Bertz CT molecular complexity index is 768. The minimum absolute atomic E-state index is 0.00186. The average Bonchev–Trinajstić information content (AvgIpc) is 2.61. The summed E-state index contributed by atoms with van der Waals surface area (Å²) in [4.78, 5) is 27.7. The van der Waals surface area contributed by atoms with Crippen LogP contribution in [-0.2, 0) is 4.74 Å². The molecule has 1 atom stereocenters. The van der Waals surface area contributed by atoms with Crippen molar-refractivity contribution in [1.82, 2.24) is 10.3 Å². The van der Waals surface area contributed by atoms with Crippen molar-refractivity contribution >= 4 is 11.9 Å². The van der Waals surface area contributed by atoms with Crippen molar-refractivity contribution < 1.29 is 27.8 Å². The van der Waals surface area contributed by atoms with E-state index in [0.29, 0.717) is 5.56 Å². The summed E-state index contributed by atoms with van der Waals surface area (Å²) in [5.41, 5.74) is 0.381. The Morgan fingerprint density at radius 1 is 1.08 bits per heavy atom. The second-order valence-electron chi connectivity index (χ2n) is 5.01. The van der Waals surface area contributed by atoms with E-state index in [0.717, 1.165) is 0 Å². The molecule has 0 saturated heterocycles. The molecule has 1 aromatic carbocycles. The maximum atomic E-state index is 12.5. The molecule has 6 nitrogen and oxygen atoms in total. The Labute approximate surface area is 142 Å². The molecule has 1 aromatic heterocycles. The number of methoxy groups -OCH3 is 1. The van der Waals surface area contributed by atoms with Gasteiger partial charge in [-0.3, -0.25) is 4.79 Å². The number of rotatable bonds is 6. The van der Waals surface area contributed by atoms with E-state index in [1.54, 1.807) is 25.1 Å². The molecule has 132 valence electrons. The van der Waals surface area contributed by atoms with Crippen LogP contribution in [0, 0.1) is 0 Å². The third-order valence-electron chi connectivity index (χ3n) is 3.33. The molecule has 0 bridgehead atoms. The number of alkyl halides is 2. The normalized spacial score (nSPS) is 11.7. The summed E-state index contributed by atoms with van der Waals surface area (Å²) in [5.74, 6) is -1.26. The van der Waals surface area contributed by atoms with E-state index < -0.39 is 24.5 Å². The third kappa shape index (κ3) is 4.72. The van der Waals surface area contributed by atoms with E-state index >= 15 is 0 Å². The van der Waals surface area contributed by atoms with Crippen molar-refractivity contribution in [1.29, 1.82) is 0 Å². The monoisotopic (exact) mass is 350 g/mol. The van der Waals surface area contributed by atoms with Crippen LogP contribution in [0.3, 0.4) is 0 Å². The fourth-order valence-corrected chi connectivity index (χ4v) is 2.17. The molecule has 8 heteroatoms. The number of amides is 1. The van der Waals surface area contributed by atoms with Gasteiger partial charge < -0.3 is 14.8 Å². The van der Waals surface area contributed by atoms with Gasteiger partial charge in [0.2, 0.25) is 0 Å². The molecule has 1 N–H and O–H groups in total. The lowest BCUT2D eigenvalue weighted by Crippen LogP contribution is -2.28. The van der Waals surface area contributed by atoms with Crippen molar-refractivity contribution in [2.45, 2.75) is 19.6 Å². The average molecular weight is 350 g/mol. The van der Waals surface area contributed by atoms with Crippen LogP contribution >= 0.6 is 0 Å². The molecular weight excluding hydrogens is 334 g/mol. The Morgan fingerprint density at radius 3 is 2.44 bits per heavy atom. The number of aromatic nitrogens is 1. The van der Waals surface area contributed by atoms with Crippen LogP contribution in [0.2, 0.25) is 0 Å². The lowest BCUT2D eigenvalue weighted by Gasteiger charge is -2.18. The zero-order valence-electron chi connectivity index (χ0n) is 13.5. The van der Waals surface area contributed by atoms with Crippen molar-refractivity contribution in [3.63, 3.8) is 0 Å². The van der Waals surface area contributed by atoms with Crippen LogP contribution in [-0.4, -0.2) is 30.6 Å². The zero-order chi connectivity index (χ0) is 18.4. The van der Waals surface area contributed by atoms with Gasteiger partial charge in [0.05, 0.1) is 13.2 Å². The molecule has 0 aliphatic carbocycles. The number of para-hydroxylation sites is 1.